The zero-order valence-corrected chi connectivity index (χ0v) is 6.49. The van der Waals surface area contributed by atoms with Gasteiger partial charge in [0.15, 0.2) is 0 Å². The Morgan fingerprint density at radius 2 is 2.45 bits per heavy atom. The van der Waals surface area contributed by atoms with E-state index in [4.69, 9.17) is 0 Å². The predicted molar refractivity (Wildman–Crippen MR) is 42.4 cm³/mol. The maximum absolute atomic E-state index is 9.49. The van der Waals surface area contributed by atoms with Crippen molar-refractivity contribution in [2.45, 2.75) is 25.4 Å². The molecule has 1 N–H and O–H groups in total. The number of hydrogen-bond donors (Lipinski definition) is 1. The van der Waals surface area contributed by atoms with Gasteiger partial charge in [0.05, 0.1) is 6.10 Å². The minimum atomic E-state index is -0.200. The quantitative estimate of drug-likeness (QED) is 0.599. The standard InChI is InChI=1S/C9H11NO/c1-6-8-5-10-3-2-7(8)4-9(6)11/h2-3,5-6,9,11H,4H2,1H3/t6-,9-/m0/s1. The van der Waals surface area contributed by atoms with Crippen LogP contribution in [0.2, 0.25) is 0 Å². The molecule has 0 radical (unpaired) electrons. The fraction of sp³-hybridized carbons (Fsp3) is 0.444. The maximum Gasteiger partial charge on any atom is 0.0647 e. The van der Waals surface area contributed by atoms with Gasteiger partial charge in [0.1, 0.15) is 0 Å². The number of aliphatic hydroxyl groups is 1. The molecule has 1 heterocycles. The van der Waals surface area contributed by atoms with E-state index in [0.29, 0.717) is 0 Å². The molecule has 1 aromatic rings. The minimum absolute atomic E-state index is 0.200. The topological polar surface area (TPSA) is 33.1 Å². The maximum atomic E-state index is 9.49. The normalized spacial score (nSPS) is 28.5. The Hall–Kier alpha value is -0.890. The first-order valence-electron chi connectivity index (χ1n) is 3.90. The highest BCUT2D eigenvalue weighted by Gasteiger charge is 2.26. The van der Waals surface area contributed by atoms with Crippen LogP contribution in [0.15, 0.2) is 18.5 Å². The Morgan fingerprint density at radius 3 is 3.18 bits per heavy atom. The Kier molecular flexibility index (Phi) is 1.43. The smallest absolute Gasteiger partial charge is 0.0647 e. The fourth-order valence-corrected chi connectivity index (χ4v) is 1.64. The molecule has 0 bridgehead atoms. The van der Waals surface area contributed by atoms with Gasteiger partial charge in [0.25, 0.3) is 0 Å². The molecule has 0 aliphatic heterocycles. The van der Waals surface area contributed by atoms with Crippen molar-refractivity contribution in [2.75, 3.05) is 0 Å². The molecule has 1 aliphatic carbocycles. The Balaban J connectivity index is 2.47. The summed E-state index contributed by atoms with van der Waals surface area (Å²) in [6.45, 7) is 2.04. The number of aromatic nitrogens is 1. The molecule has 0 amide bonds. The number of aliphatic hydroxyl groups excluding tert-OH is 1. The molecule has 0 unspecified atom stereocenters. The van der Waals surface area contributed by atoms with E-state index in [-0.39, 0.29) is 12.0 Å². The van der Waals surface area contributed by atoms with Gasteiger partial charge in [0.2, 0.25) is 0 Å². The van der Waals surface area contributed by atoms with E-state index < -0.39 is 0 Å². The number of pyridine rings is 1. The van der Waals surface area contributed by atoms with Crippen LogP contribution in [0.5, 0.6) is 0 Å². The molecule has 0 saturated heterocycles. The van der Waals surface area contributed by atoms with Gasteiger partial charge in [-0.05, 0) is 23.6 Å². The van der Waals surface area contributed by atoms with E-state index in [1.165, 1.54) is 11.1 Å². The second-order valence-corrected chi connectivity index (χ2v) is 3.13. The molecular formula is C9H11NO. The van der Waals surface area contributed by atoms with E-state index in [1.54, 1.807) is 6.20 Å². The lowest BCUT2D eigenvalue weighted by Gasteiger charge is -2.06. The van der Waals surface area contributed by atoms with Gasteiger partial charge in [-0.3, -0.25) is 4.98 Å². The highest BCUT2D eigenvalue weighted by Crippen LogP contribution is 2.31. The van der Waals surface area contributed by atoms with E-state index in [1.807, 2.05) is 19.2 Å². The van der Waals surface area contributed by atoms with Crippen molar-refractivity contribution < 1.29 is 5.11 Å². The second kappa shape index (κ2) is 2.31. The molecule has 2 nitrogen and oxygen atoms in total. The summed E-state index contributed by atoms with van der Waals surface area (Å²) < 4.78 is 0. The largest absolute Gasteiger partial charge is 0.392 e. The Morgan fingerprint density at radius 1 is 1.64 bits per heavy atom. The van der Waals surface area contributed by atoms with Crippen LogP contribution in [0, 0.1) is 0 Å². The average molecular weight is 149 g/mol. The van der Waals surface area contributed by atoms with Crippen molar-refractivity contribution in [3.8, 4) is 0 Å². The van der Waals surface area contributed by atoms with Gasteiger partial charge in [0, 0.05) is 18.3 Å². The highest BCUT2D eigenvalue weighted by molar-refractivity contribution is 5.33. The van der Waals surface area contributed by atoms with Crippen LogP contribution in [0.25, 0.3) is 0 Å². The number of fused-ring (bicyclic) bond motifs is 1. The number of nitrogens with zero attached hydrogens (tertiary/aromatic N) is 1. The molecule has 0 saturated carbocycles. The van der Waals surface area contributed by atoms with Crippen LogP contribution < -0.4 is 0 Å². The van der Waals surface area contributed by atoms with Gasteiger partial charge < -0.3 is 5.11 Å². The van der Waals surface area contributed by atoms with Crippen molar-refractivity contribution in [3.63, 3.8) is 0 Å². The molecule has 2 heteroatoms. The van der Waals surface area contributed by atoms with Crippen molar-refractivity contribution in [1.29, 1.82) is 0 Å². The third-order valence-corrected chi connectivity index (χ3v) is 2.44. The number of rotatable bonds is 0. The average Bonchev–Trinajstić information content (AvgIpc) is 2.30. The van der Waals surface area contributed by atoms with E-state index in [2.05, 4.69) is 4.98 Å². The van der Waals surface area contributed by atoms with E-state index in [9.17, 15) is 5.11 Å². The van der Waals surface area contributed by atoms with Crippen molar-refractivity contribution in [2.24, 2.45) is 0 Å². The minimum Gasteiger partial charge on any atom is -0.392 e. The summed E-state index contributed by atoms with van der Waals surface area (Å²) in [4.78, 5) is 4.03. The van der Waals surface area contributed by atoms with E-state index >= 15 is 0 Å². The highest BCUT2D eigenvalue weighted by atomic mass is 16.3. The van der Waals surface area contributed by atoms with Crippen LogP contribution in [0.1, 0.15) is 24.0 Å². The molecule has 2 rings (SSSR count). The van der Waals surface area contributed by atoms with Crippen LogP contribution in [-0.2, 0) is 6.42 Å². The summed E-state index contributed by atoms with van der Waals surface area (Å²) in [5, 5.41) is 9.49. The summed E-state index contributed by atoms with van der Waals surface area (Å²) in [6.07, 6.45) is 4.23. The first-order chi connectivity index (χ1) is 5.29. The van der Waals surface area contributed by atoms with Crippen molar-refractivity contribution in [3.05, 3.63) is 29.6 Å². The van der Waals surface area contributed by atoms with Gasteiger partial charge in [-0.15, -0.1) is 0 Å². The Labute approximate surface area is 65.9 Å². The zero-order chi connectivity index (χ0) is 7.84. The van der Waals surface area contributed by atoms with Gasteiger partial charge in [-0.1, -0.05) is 6.92 Å². The SMILES string of the molecule is C[C@H]1c2cnccc2C[C@@H]1O. The molecule has 11 heavy (non-hydrogen) atoms. The Bertz CT molecular complexity index is 272. The van der Waals surface area contributed by atoms with Gasteiger partial charge >= 0.3 is 0 Å². The van der Waals surface area contributed by atoms with Crippen LogP contribution in [0.4, 0.5) is 0 Å². The van der Waals surface area contributed by atoms with Gasteiger partial charge in [-0.2, -0.15) is 0 Å². The lowest BCUT2D eigenvalue weighted by molar-refractivity contribution is 0.163. The molecule has 0 fully saturated rings. The molecule has 0 aromatic carbocycles. The fourth-order valence-electron chi connectivity index (χ4n) is 1.64. The summed E-state index contributed by atoms with van der Waals surface area (Å²) >= 11 is 0. The van der Waals surface area contributed by atoms with Crippen LogP contribution >= 0.6 is 0 Å². The molecule has 2 atom stereocenters. The van der Waals surface area contributed by atoms with E-state index in [0.717, 1.165) is 6.42 Å². The lowest BCUT2D eigenvalue weighted by atomic mass is 10.1. The first-order valence-corrected chi connectivity index (χ1v) is 3.90. The summed E-state index contributed by atoms with van der Waals surface area (Å²) in [6, 6.07) is 1.99. The van der Waals surface area contributed by atoms with Crippen LogP contribution in [0.3, 0.4) is 0 Å². The summed E-state index contributed by atoms with van der Waals surface area (Å²) in [7, 11) is 0. The van der Waals surface area contributed by atoms with Crippen molar-refractivity contribution in [1.82, 2.24) is 4.98 Å². The second-order valence-electron chi connectivity index (χ2n) is 3.13. The molecular weight excluding hydrogens is 138 g/mol. The van der Waals surface area contributed by atoms with Crippen LogP contribution in [-0.4, -0.2) is 16.2 Å². The lowest BCUT2D eigenvalue weighted by Crippen LogP contribution is -2.09. The number of hydrogen-bond acceptors (Lipinski definition) is 2. The first kappa shape index (κ1) is 6.80. The molecule has 1 aromatic heterocycles. The third kappa shape index (κ3) is 0.942. The third-order valence-electron chi connectivity index (χ3n) is 2.44. The van der Waals surface area contributed by atoms with Crippen molar-refractivity contribution >= 4 is 0 Å². The molecule has 1 aliphatic rings. The van der Waals surface area contributed by atoms with Gasteiger partial charge in [-0.25, -0.2) is 0 Å². The summed E-state index contributed by atoms with van der Waals surface area (Å²) in [5.41, 5.74) is 2.46. The zero-order valence-electron chi connectivity index (χ0n) is 6.49. The molecule has 58 valence electrons. The summed E-state index contributed by atoms with van der Waals surface area (Å²) in [5.74, 6) is 0.263. The molecule has 0 spiro atoms. The monoisotopic (exact) mass is 149 g/mol. The predicted octanol–water partition coefficient (Wildman–Crippen LogP) is 1.10.